The molecule has 18 heteroatoms. The lowest BCUT2D eigenvalue weighted by Gasteiger charge is -2.35. The number of aliphatic hydroxyl groups excluding tert-OH is 1. The number of ether oxygens (including phenoxy) is 1. The number of hydrogen-bond donors (Lipinski definition) is 4. The van der Waals surface area contributed by atoms with Crippen LogP contribution in [0.25, 0.3) is 15.4 Å². The zero-order chi connectivity index (χ0) is 46.6. The first-order valence-electron chi connectivity index (χ1n) is 21.8. The van der Waals surface area contributed by atoms with Crippen molar-refractivity contribution in [2.24, 2.45) is 10.4 Å². The van der Waals surface area contributed by atoms with E-state index < -0.39 is 41.5 Å². The number of likely N-dealkylation sites (tertiary alicyclic amines) is 1. The van der Waals surface area contributed by atoms with Crippen molar-refractivity contribution in [3.05, 3.63) is 104 Å². The summed E-state index contributed by atoms with van der Waals surface area (Å²) in [6.07, 6.45) is 0.450. The SMILES string of the molecule is Cc1ncsc1-c1ccc(CNC(=O)[C@@H]2C[C@@H](O)CN2C(=O)[C@@H](NC(=O)COCCCCNC(=O)C[C@@H]2N=C(c3ccc(Cl)cc3)c3c(sc(C)c3C)-n3c(C)nnc32)C(C)(C)C)cc1. The molecule has 344 valence electrons. The molecule has 4 atom stereocenters. The molecule has 3 aromatic heterocycles. The fraction of sp³-hybridized carbons (Fsp3) is 0.447. The maximum Gasteiger partial charge on any atom is 0.246 e. The summed E-state index contributed by atoms with van der Waals surface area (Å²) in [6.45, 7) is 14.1. The molecule has 4 N–H and O–H groups in total. The predicted molar refractivity (Wildman–Crippen MR) is 253 cm³/mol. The number of β-amino-alcohol motifs (C(OH)–C–C–N with tert-alkyl or cyclic N) is 1. The largest absolute Gasteiger partial charge is 0.391 e. The van der Waals surface area contributed by atoms with Crippen LogP contribution in [0.15, 0.2) is 59.0 Å². The molecule has 0 radical (unpaired) electrons. The summed E-state index contributed by atoms with van der Waals surface area (Å²) in [6, 6.07) is 12.9. The third-order valence-corrected chi connectivity index (χ3v) is 14.1. The number of fused-ring (bicyclic) bond motifs is 3. The maximum atomic E-state index is 14.0. The van der Waals surface area contributed by atoms with Gasteiger partial charge >= 0.3 is 0 Å². The average molecular weight is 943 g/mol. The normalized spacial score (nSPS) is 17.5. The van der Waals surface area contributed by atoms with Crippen LogP contribution in [0, 0.1) is 33.1 Å². The first kappa shape index (κ1) is 47.6. The number of halogens is 1. The summed E-state index contributed by atoms with van der Waals surface area (Å²) < 4.78 is 7.70. The first-order chi connectivity index (χ1) is 31.0. The molecular formula is C47H56ClN9O6S2. The number of thiazole rings is 1. The van der Waals surface area contributed by atoms with Crippen molar-refractivity contribution in [1.82, 2.24) is 40.6 Å². The van der Waals surface area contributed by atoms with Crippen LogP contribution in [-0.4, -0.2) is 104 Å². The van der Waals surface area contributed by atoms with Gasteiger partial charge in [0.25, 0.3) is 0 Å². The summed E-state index contributed by atoms with van der Waals surface area (Å²) in [5.74, 6) is -0.170. The summed E-state index contributed by atoms with van der Waals surface area (Å²) in [7, 11) is 0. The number of aliphatic imine (C=N–C) groups is 1. The van der Waals surface area contributed by atoms with Crippen LogP contribution in [0.4, 0.5) is 0 Å². The number of carbonyl (C=O) groups excluding carboxylic acids is 4. The molecular weight excluding hydrogens is 886 g/mol. The van der Waals surface area contributed by atoms with Crippen LogP contribution in [0.1, 0.15) is 97.0 Å². The molecule has 15 nitrogen and oxygen atoms in total. The Labute approximate surface area is 392 Å². The number of hydrogen-bond acceptors (Lipinski definition) is 12. The van der Waals surface area contributed by atoms with Crippen molar-refractivity contribution in [3.63, 3.8) is 0 Å². The Bertz CT molecular complexity index is 2560. The molecule has 2 aliphatic heterocycles. The number of aryl methyl sites for hydroxylation is 3. The van der Waals surface area contributed by atoms with Gasteiger partial charge in [0, 0.05) is 53.7 Å². The molecule has 7 rings (SSSR count). The molecule has 0 bridgehead atoms. The van der Waals surface area contributed by atoms with E-state index in [0.29, 0.717) is 36.1 Å². The summed E-state index contributed by atoms with van der Waals surface area (Å²) in [4.78, 5) is 67.1. The van der Waals surface area contributed by atoms with Crippen LogP contribution in [-0.2, 0) is 30.5 Å². The number of aliphatic hydroxyl groups is 1. The van der Waals surface area contributed by atoms with Crippen molar-refractivity contribution in [1.29, 1.82) is 0 Å². The number of amides is 4. The van der Waals surface area contributed by atoms with E-state index in [1.54, 1.807) is 22.7 Å². The lowest BCUT2D eigenvalue weighted by atomic mass is 9.85. The maximum absolute atomic E-state index is 14.0. The van der Waals surface area contributed by atoms with Crippen molar-refractivity contribution in [2.45, 2.75) is 105 Å². The third-order valence-electron chi connectivity index (χ3n) is 11.7. The molecule has 5 heterocycles. The molecule has 1 saturated heterocycles. The Hall–Kier alpha value is -5.33. The van der Waals surface area contributed by atoms with Crippen LogP contribution < -0.4 is 16.0 Å². The van der Waals surface area contributed by atoms with Gasteiger partial charge in [0.2, 0.25) is 23.6 Å². The van der Waals surface area contributed by atoms with Gasteiger partial charge in [0.05, 0.1) is 34.3 Å². The summed E-state index contributed by atoms with van der Waals surface area (Å²) >= 11 is 9.46. The van der Waals surface area contributed by atoms with Crippen molar-refractivity contribution >= 4 is 63.6 Å². The van der Waals surface area contributed by atoms with Gasteiger partial charge in [-0.3, -0.25) is 28.7 Å². The molecule has 2 aliphatic rings. The standard InChI is InChI=1S/C47H56ClN9O6S2/c1-26-28(3)65-46-39(26)40(31-14-16-33(48)17-15-31)52-35(43-55-54-29(4)57(43)46)21-37(59)49-18-8-9-19-63-24-38(60)53-42(47(5,6)7)45(62)56-23-34(58)20-36(56)44(61)50-22-30-10-12-32(13-11-30)41-27(2)51-25-64-41/h10-17,25,34-36,42,58H,8-9,18-24H2,1-7H3,(H,49,59)(H,50,61)(H,53,60)/t34-,35+,36+,42-/m1/s1. The highest BCUT2D eigenvalue weighted by Crippen LogP contribution is 2.40. The highest BCUT2D eigenvalue weighted by Gasteiger charge is 2.44. The third kappa shape index (κ3) is 11.0. The zero-order valence-corrected chi connectivity index (χ0v) is 40.1. The van der Waals surface area contributed by atoms with Crippen molar-refractivity contribution in [3.8, 4) is 15.4 Å². The lowest BCUT2D eigenvalue weighted by molar-refractivity contribution is -0.144. The molecule has 65 heavy (non-hydrogen) atoms. The van der Waals surface area contributed by atoms with E-state index in [1.165, 1.54) is 4.90 Å². The van der Waals surface area contributed by atoms with Crippen molar-refractivity contribution in [2.75, 3.05) is 26.3 Å². The first-order valence-corrected chi connectivity index (χ1v) is 23.8. The minimum atomic E-state index is -0.977. The second-order valence-corrected chi connectivity index (χ2v) is 20.2. The minimum Gasteiger partial charge on any atom is -0.391 e. The number of nitrogens with zero attached hydrogens (tertiary/aromatic N) is 6. The van der Waals surface area contributed by atoms with E-state index in [-0.39, 0.29) is 51.0 Å². The van der Waals surface area contributed by atoms with E-state index in [9.17, 15) is 24.3 Å². The molecule has 0 spiro atoms. The van der Waals surface area contributed by atoms with Gasteiger partial charge in [-0.25, -0.2) is 4.98 Å². The van der Waals surface area contributed by atoms with Gasteiger partial charge < -0.3 is 30.7 Å². The number of nitrogens with one attached hydrogen (secondary N) is 3. The topological polar surface area (TPSA) is 193 Å². The Morgan fingerprint density at radius 3 is 2.37 bits per heavy atom. The van der Waals surface area contributed by atoms with E-state index in [2.05, 4.69) is 45.0 Å². The Morgan fingerprint density at radius 2 is 1.68 bits per heavy atom. The van der Waals surface area contributed by atoms with Crippen LogP contribution in [0.5, 0.6) is 0 Å². The summed E-state index contributed by atoms with van der Waals surface area (Å²) in [5, 5.41) is 29.8. The molecule has 2 aromatic carbocycles. The van der Waals surface area contributed by atoms with Crippen LogP contribution >= 0.6 is 34.3 Å². The highest BCUT2D eigenvalue weighted by atomic mass is 35.5. The van der Waals surface area contributed by atoms with E-state index in [0.717, 1.165) is 54.0 Å². The second kappa shape index (κ2) is 20.5. The lowest BCUT2D eigenvalue weighted by Crippen LogP contribution is -2.58. The Balaban J connectivity index is 0.873. The number of carbonyl (C=O) groups is 4. The Morgan fingerprint density at radius 1 is 0.954 bits per heavy atom. The fourth-order valence-corrected chi connectivity index (χ4v) is 10.2. The Kier molecular flexibility index (Phi) is 15.0. The summed E-state index contributed by atoms with van der Waals surface area (Å²) in [5.41, 5.74) is 7.77. The van der Waals surface area contributed by atoms with E-state index in [1.807, 2.05) is 93.2 Å². The van der Waals surface area contributed by atoms with Gasteiger partial charge in [0.1, 0.15) is 35.6 Å². The van der Waals surface area contributed by atoms with Gasteiger partial charge in [-0.1, -0.05) is 68.8 Å². The number of unbranched alkanes of at least 4 members (excludes halogenated alkanes) is 1. The minimum absolute atomic E-state index is 0.0237. The highest BCUT2D eigenvalue weighted by molar-refractivity contribution is 7.15. The number of aromatic nitrogens is 4. The molecule has 1 fully saturated rings. The number of rotatable bonds is 16. The molecule has 0 saturated carbocycles. The second-order valence-electron chi connectivity index (χ2n) is 17.7. The smallest absolute Gasteiger partial charge is 0.246 e. The number of thiophene rings is 1. The van der Waals surface area contributed by atoms with Crippen LogP contribution in [0.3, 0.4) is 0 Å². The average Bonchev–Trinajstić information content (AvgIpc) is 4.03. The van der Waals surface area contributed by atoms with Crippen molar-refractivity contribution < 1.29 is 29.0 Å². The zero-order valence-electron chi connectivity index (χ0n) is 37.7. The van der Waals surface area contributed by atoms with Gasteiger partial charge in [-0.2, -0.15) is 0 Å². The molecule has 0 unspecified atom stereocenters. The quantitative estimate of drug-likeness (QED) is 0.0817. The van der Waals surface area contributed by atoms with Gasteiger partial charge in [-0.15, -0.1) is 32.9 Å². The predicted octanol–water partition coefficient (Wildman–Crippen LogP) is 6.34. The molecule has 4 amide bonds. The molecule has 5 aromatic rings. The fourth-order valence-electron chi connectivity index (χ4n) is 8.09. The number of benzene rings is 2. The van der Waals surface area contributed by atoms with E-state index >= 15 is 0 Å². The van der Waals surface area contributed by atoms with Gasteiger partial charge in [-0.05, 0) is 74.8 Å². The van der Waals surface area contributed by atoms with E-state index in [4.69, 9.17) is 21.3 Å². The van der Waals surface area contributed by atoms with Gasteiger partial charge in [0.15, 0.2) is 5.82 Å². The molecule has 0 aliphatic carbocycles. The van der Waals surface area contributed by atoms with Crippen LogP contribution in [0.2, 0.25) is 5.02 Å². The monoisotopic (exact) mass is 941 g/mol.